The lowest BCUT2D eigenvalue weighted by atomic mass is 10.1. The number of halogens is 5. The highest BCUT2D eigenvalue weighted by molar-refractivity contribution is 5.43. The maximum Gasteiger partial charge on any atom is 0.387 e. The van der Waals surface area contributed by atoms with Crippen molar-refractivity contribution in [3.8, 4) is 11.5 Å². The molecule has 0 aromatic heterocycles. The summed E-state index contributed by atoms with van der Waals surface area (Å²) in [7, 11) is 2.04. The summed E-state index contributed by atoms with van der Waals surface area (Å²) >= 11 is 0. The van der Waals surface area contributed by atoms with E-state index in [0.29, 0.717) is 18.7 Å². The van der Waals surface area contributed by atoms with Gasteiger partial charge in [-0.1, -0.05) is 6.07 Å². The van der Waals surface area contributed by atoms with Gasteiger partial charge in [0.05, 0.1) is 0 Å². The predicted molar refractivity (Wildman–Crippen MR) is 96.5 cm³/mol. The average molecular weight is 416 g/mol. The van der Waals surface area contributed by atoms with Crippen LogP contribution in [0.5, 0.6) is 11.5 Å². The molecule has 1 heterocycles. The predicted octanol–water partition coefficient (Wildman–Crippen LogP) is 4.03. The molecule has 0 amide bonds. The van der Waals surface area contributed by atoms with E-state index in [9.17, 15) is 22.0 Å². The third kappa shape index (κ3) is 5.80. The lowest BCUT2D eigenvalue weighted by molar-refractivity contribution is -0.0516. The molecule has 1 aliphatic heterocycles. The fraction of sp³-hybridized carbons (Fsp3) is 0.400. The minimum absolute atomic E-state index is 0.0268. The van der Waals surface area contributed by atoms with Gasteiger partial charge in [-0.2, -0.15) is 8.78 Å². The van der Waals surface area contributed by atoms with E-state index in [1.807, 2.05) is 7.05 Å². The van der Waals surface area contributed by atoms with Crippen LogP contribution in [0.1, 0.15) is 11.1 Å². The number of nitrogens with zero attached hydrogens (tertiary/aromatic N) is 2. The smallest absolute Gasteiger partial charge is 0.387 e. The minimum Gasteiger partial charge on any atom is -0.485 e. The van der Waals surface area contributed by atoms with Crippen molar-refractivity contribution in [3.05, 3.63) is 58.9 Å². The van der Waals surface area contributed by atoms with Crippen LogP contribution in [-0.2, 0) is 13.2 Å². The summed E-state index contributed by atoms with van der Waals surface area (Å²) in [6.45, 7) is 0.612. The summed E-state index contributed by atoms with van der Waals surface area (Å²) < 4.78 is 75.5. The molecule has 0 saturated carbocycles. The molecule has 0 bridgehead atoms. The van der Waals surface area contributed by atoms with Gasteiger partial charge in [0.1, 0.15) is 12.4 Å². The van der Waals surface area contributed by atoms with E-state index in [1.165, 1.54) is 12.1 Å². The van der Waals surface area contributed by atoms with Crippen LogP contribution in [0.2, 0.25) is 0 Å². The molecule has 29 heavy (non-hydrogen) atoms. The van der Waals surface area contributed by atoms with Crippen molar-refractivity contribution in [1.29, 1.82) is 0 Å². The number of benzene rings is 2. The van der Waals surface area contributed by atoms with Crippen LogP contribution < -0.4 is 9.47 Å². The van der Waals surface area contributed by atoms with Crippen LogP contribution in [0.4, 0.5) is 22.0 Å². The molecular weight excluding hydrogens is 395 g/mol. The van der Waals surface area contributed by atoms with E-state index in [0.717, 1.165) is 31.7 Å². The fourth-order valence-electron chi connectivity index (χ4n) is 3.05. The van der Waals surface area contributed by atoms with Crippen LogP contribution in [0.25, 0.3) is 0 Å². The molecule has 9 heteroatoms. The first-order valence-corrected chi connectivity index (χ1v) is 9.06. The maximum absolute atomic E-state index is 13.8. The highest BCUT2D eigenvalue weighted by atomic mass is 19.3. The highest BCUT2D eigenvalue weighted by Gasteiger charge is 2.17. The number of likely N-dealkylation sites (N-methyl/N-ethyl adjacent to an activating group) is 1. The summed E-state index contributed by atoms with van der Waals surface area (Å²) in [5.41, 5.74) is 0.563. The Hall–Kier alpha value is -2.39. The molecule has 4 nitrogen and oxygen atoms in total. The molecular formula is C20H21F5N2O2. The van der Waals surface area contributed by atoms with Crippen LogP contribution in [-0.4, -0.2) is 49.6 Å². The van der Waals surface area contributed by atoms with Crippen LogP contribution in [0, 0.1) is 17.5 Å². The number of piperazine rings is 1. The highest BCUT2D eigenvalue weighted by Crippen LogP contribution is 2.31. The van der Waals surface area contributed by atoms with Gasteiger partial charge in [0.15, 0.2) is 23.1 Å². The largest absolute Gasteiger partial charge is 0.485 e. The molecule has 2 aromatic carbocycles. The van der Waals surface area contributed by atoms with Gasteiger partial charge in [0.2, 0.25) is 0 Å². The van der Waals surface area contributed by atoms with E-state index < -0.39 is 30.7 Å². The summed E-state index contributed by atoms with van der Waals surface area (Å²) in [6, 6.07) is 5.63. The van der Waals surface area contributed by atoms with E-state index in [1.54, 1.807) is 6.07 Å². The Morgan fingerprint density at radius 3 is 2.28 bits per heavy atom. The number of ether oxygens (including phenoxy) is 2. The standard InChI is InChI=1S/C20H21F5N2O2/c1-26-4-6-27(7-5-26)11-13-2-3-18(29-20(24)25)19(8-13)28-12-14-9-16(22)17(23)10-15(14)21/h2-3,8-10,20H,4-7,11-12H2,1H3. The van der Waals surface area contributed by atoms with Crippen LogP contribution in [0.15, 0.2) is 30.3 Å². The second kappa shape index (κ2) is 9.41. The van der Waals surface area contributed by atoms with Gasteiger partial charge >= 0.3 is 6.61 Å². The van der Waals surface area contributed by atoms with E-state index in [-0.39, 0.29) is 17.1 Å². The van der Waals surface area contributed by atoms with Gasteiger partial charge in [-0.3, -0.25) is 4.90 Å². The fourth-order valence-corrected chi connectivity index (χ4v) is 3.05. The van der Waals surface area contributed by atoms with Gasteiger partial charge in [0, 0.05) is 44.4 Å². The van der Waals surface area contributed by atoms with Gasteiger partial charge in [0.25, 0.3) is 0 Å². The third-order valence-corrected chi connectivity index (χ3v) is 4.70. The molecule has 1 saturated heterocycles. The molecule has 0 atom stereocenters. The van der Waals surface area contributed by atoms with Crippen LogP contribution >= 0.6 is 0 Å². The Labute approximate surface area is 165 Å². The number of hydrogen-bond donors (Lipinski definition) is 0. The first-order chi connectivity index (χ1) is 13.8. The molecule has 0 unspecified atom stereocenters. The lowest BCUT2D eigenvalue weighted by Crippen LogP contribution is -2.43. The van der Waals surface area contributed by atoms with E-state index in [4.69, 9.17) is 4.74 Å². The van der Waals surface area contributed by atoms with Crippen molar-refractivity contribution >= 4 is 0 Å². The van der Waals surface area contributed by atoms with Gasteiger partial charge in [-0.15, -0.1) is 0 Å². The van der Waals surface area contributed by atoms with Crippen molar-refractivity contribution < 1.29 is 31.4 Å². The third-order valence-electron chi connectivity index (χ3n) is 4.70. The monoisotopic (exact) mass is 416 g/mol. The first kappa shape index (κ1) is 21.3. The molecule has 3 rings (SSSR count). The number of hydrogen-bond acceptors (Lipinski definition) is 4. The Kier molecular flexibility index (Phi) is 6.92. The minimum atomic E-state index is -3.07. The zero-order chi connectivity index (χ0) is 21.0. The lowest BCUT2D eigenvalue weighted by Gasteiger charge is -2.32. The van der Waals surface area contributed by atoms with Crippen molar-refractivity contribution in [3.63, 3.8) is 0 Å². The molecule has 2 aromatic rings. The van der Waals surface area contributed by atoms with Crippen molar-refractivity contribution in [1.82, 2.24) is 9.80 Å². The molecule has 0 radical (unpaired) electrons. The van der Waals surface area contributed by atoms with Crippen molar-refractivity contribution in [2.45, 2.75) is 19.8 Å². The molecule has 0 spiro atoms. The molecule has 0 N–H and O–H groups in total. The summed E-state index contributed by atoms with van der Waals surface area (Å²) in [4.78, 5) is 4.42. The van der Waals surface area contributed by atoms with Crippen molar-refractivity contribution in [2.24, 2.45) is 0 Å². The average Bonchev–Trinajstić information content (AvgIpc) is 2.67. The molecule has 0 aliphatic carbocycles. The summed E-state index contributed by atoms with van der Waals surface area (Å²) in [5, 5.41) is 0. The summed E-state index contributed by atoms with van der Waals surface area (Å²) in [5.74, 6) is -3.78. The Morgan fingerprint density at radius 1 is 0.897 bits per heavy atom. The SMILES string of the molecule is CN1CCN(Cc2ccc(OC(F)F)c(OCc3cc(F)c(F)cc3F)c2)CC1. The zero-order valence-corrected chi connectivity index (χ0v) is 15.8. The normalized spacial score (nSPS) is 15.7. The number of rotatable bonds is 7. The van der Waals surface area contributed by atoms with Gasteiger partial charge in [-0.05, 0) is 30.8 Å². The first-order valence-electron chi connectivity index (χ1n) is 9.06. The van der Waals surface area contributed by atoms with E-state index >= 15 is 0 Å². The Morgan fingerprint density at radius 2 is 1.59 bits per heavy atom. The molecule has 1 aliphatic rings. The number of alkyl halides is 2. The van der Waals surface area contributed by atoms with Gasteiger partial charge < -0.3 is 14.4 Å². The van der Waals surface area contributed by atoms with Crippen molar-refractivity contribution in [2.75, 3.05) is 33.2 Å². The maximum atomic E-state index is 13.8. The second-order valence-electron chi connectivity index (χ2n) is 6.89. The molecule has 1 fully saturated rings. The Balaban J connectivity index is 1.76. The second-order valence-corrected chi connectivity index (χ2v) is 6.89. The Bertz CT molecular complexity index is 842. The van der Waals surface area contributed by atoms with Crippen LogP contribution in [0.3, 0.4) is 0 Å². The quantitative estimate of drug-likeness (QED) is 0.503. The summed E-state index contributed by atoms with van der Waals surface area (Å²) in [6.07, 6.45) is 0. The van der Waals surface area contributed by atoms with E-state index in [2.05, 4.69) is 14.5 Å². The zero-order valence-electron chi connectivity index (χ0n) is 15.8. The van der Waals surface area contributed by atoms with Gasteiger partial charge in [-0.25, -0.2) is 13.2 Å². The molecule has 158 valence electrons. The topological polar surface area (TPSA) is 24.9 Å².